The molecule has 0 aliphatic rings. The Labute approximate surface area is 154 Å². The highest BCUT2D eigenvalue weighted by Gasteiger charge is 2.11. The van der Waals surface area contributed by atoms with Gasteiger partial charge in [-0.3, -0.25) is 4.79 Å². The Hall–Kier alpha value is -1.82. The van der Waals surface area contributed by atoms with E-state index >= 15 is 0 Å². The Balaban J connectivity index is 1.81. The zero-order chi connectivity index (χ0) is 17.5. The molecule has 0 spiro atoms. The van der Waals surface area contributed by atoms with Crippen LogP contribution in [0.3, 0.4) is 0 Å². The van der Waals surface area contributed by atoms with Gasteiger partial charge in [0.05, 0.1) is 6.54 Å². The largest absolute Gasteiger partial charge is 0.452 e. The van der Waals surface area contributed by atoms with Crippen LogP contribution in [0, 0.1) is 0 Å². The van der Waals surface area contributed by atoms with Crippen molar-refractivity contribution in [1.29, 1.82) is 0 Å². The number of likely N-dealkylation sites (N-methyl/N-ethyl adjacent to an activating group) is 1. The maximum Gasteiger partial charge on any atom is 0.331 e. The van der Waals surface area contributed by atoms with Crippen LogP contribution in [0.5, 0.6) is 0 Å². The molecule has 1 aromatic carbocycles. The van der Waals surface area contributed by atoms with Gasteiger partial charge in [0, 0.05) is 28.0 Å². The molecule has 0 unspecified atom stereocenters. The minimum atomic E-state index is -0.612. The van der Waals surface area contributed by atoms with Gasteiger partial charge in [-0.15, -0.1) is 11.3 Å². The fourth-order valence-corrected chi connectivity index (χ4v) is 3.04. The zero-order valence-electron chi connectivity index (χ0n) is 12.9. The minimum absolute atomic E-state index is 0.269. The number of hydrogen-bond donors (Lipinski definition) is 0. The van der Waals surface area contributed by atoms with Crippen LogP contribution in [0.4, 0.5) is 0 Å². The molecule has 0 saturated heterocycles. The van der Waals surface area contributed by atoms with Crippen molar-refractivity contribution in [3.63, 3.8) is 0 Å². The second-order valence-corrected chi connectivity index (χ2v) is 6.81. The molecule has 0 radical (unpaired) electrons. The topological polar surface area (TPSA) is 46.6 Å². The van der Waals surface area contributed by atoms with Crippen molar-refractivity contribution in [2.24, 2.45) is 0 Å². The Morgan fingerprint density at radius 1 is 1.29 bits per heavy atom. The lowest BCUT2D eigenvalue weighted by Crippen LogP contribution is -2.30. The summed E-state index contributed by atoms with van der Waals surface area (Å²) in [6, 6.07) is 8.80. The third-order valence-corrected chi connectivity index (χ3v) is 4.52. The van der Waals surface area contributed by atoms with E-state index in [0.29, 0.717) is 22.2 Å². The molecule has 0 saturated carbocycles. The predicted molar refractivity (Wildman–Crippen MR) is 97.2 cm³/mol. The lowest BCUT2D eigenvalue weighted by molar-refractivity contribution is -0.147. The molecule has 0 aliphatic heterocycles. The average molecular weight is 384 g/mol. The van der Waals surface area contributed by atoms with E-state index < -0.39 is 5.97 Å². The highest BCUT2D eigenvalue weighted by molar-refractivity contribution is 7.09. The Bertz CT molecular complexity index is 744. The van der Waals surface area contributed by atoms with Crippen LogP contribution in [-0.2, 0) is 20.9 Å². The van der Waals surface area contributed by atoms with Gasteiger partial charge >= 0.3 is 5.97 Å². The van der Waals surface area contributed by atoms with Crippen molar-refractivity contribution in [1.82, 2.24) is 4.90 Å². The SMILES string of the molecule is CN(Cc1cccs1)C(=O)COC(=O)/C=C/c1ccc(Cl)cc1Cl. The number of thiophene rings is 1. The molecule has 0 N–H and O–H groups in total. The van der Waals surface area contributed by atoms with Gasteiger partial charge in [-0.2, -0.15) is 0 Å². The molecule has 1 amide bonds. The first-order valence-electron chi connectivity index (χ1n) is 7.02. The predicted octanol–water partition coefficient (Wildman–Crippen LogP) is 4.27. The minimum Gasteiger partial charge on any atom is -0.452 e. The highest BCUT2D eigenvalue weighted by Crippen LogP contribution is 2.22. The molecule has 7 heteroatoms. The third-order valence-electron chi connectivity index (χ3n) is 3.10. The van der Waals surface area contributed by atoms with Gasteiger partial charge in [0.25, 0.3) is 5.91 Å². The summed E-state index contributed by atoms with van der Waals surface area (Å²) in [6.45, 7) is 0.184. The molecule has 1 heterocycles. The fourth-order valence-electron chi connectivity index (χ4n) is 1.81. The first-order chi connectivity index (χ1) is 11.5. The van der Waals surface area contributed by atoms with Crippen molar-refractivity contribution in [3.05, 3.63) is 62.3 Å². The van der Waals surface area contributed by atoms with Crippen molar-refractivity contribution >= 4 is 52.5 Å². The van der Waals surface area contributed by atoms with Crippen molar-refractivity contribution in [2.45, 2.75) is 6.54 Å². The summed E-state index contributed by atoms with van der Waals surface area (Å²) in [4.78, 5) is 26.2. The number of benzene rings is 1. The molecule has 0 bridgehead atoms. The maximum atomic E-state index is 11.9. The van der Waals surface area contributed by atoms with Gasteiger partial charge in [0.15, 0.2) is 6.61 Å². The van der Waals surface area contributed by atoms with Crippen LogP contribution < -0.4 is 0 Å². The Morgan fingerprint density at radius 3 is 2.75 bits per heavy atom. The van der Waals surface area contributed by atoms with E-state index in [1.807, 2.05) is 17.5 Å². The zero-order valence-corrected chi connectivity index (χ0v) is 15.2. The standard InChI is InChI=1S/C17H15Cl2NO3S/c1-20(10-14-3-2-8-24-14)16(21)11-23-17(22)7-5-12-4-6-13(18)9-15(12)19/h2-9H,10-11H2,1H3/b7-5+. The molecule has 0 fully saturated rings. The van der Waals surface area contributed by atoms with Gasteiger partial charge in [-0.1, -0.05) is 35.3 Å². The molecule has 4 nitrogen and oxygen atoms in total. The van der Waals surface area contributed by atoms with Gasteiger partial charge in [-0.25, -0.2) is 4.79 Å². The van der Waals surface area contributed by atoms with E-state index in [1.165, 1.54) is 17.1 Å². The van der Waals surface area contributed by atoms with Crippen LogP contribution in [0.1, 0.15) is 10.4 Å². The summed E-state index contributed by atoms with van der Waals surface area (Å²) in [5, 5.41) is 2.89. The molecule has 2 rings (SSSR count). The summed E-state index contributed by atoms with van der Waals surface area (Å²) < 4.78 is 4.95. The highest BCUT2D eigenvalue weighted by atomic mass is 35.5. The number of rotatable bonds is 6. The quantitative estimate of drug-likeness (QED) is 0.552. The lowest BCUT2D eigenvalue weighted by atomic mass is 10.2. The first-order valence-corrected chi connectivity index (χ1v) is 8.65. The van der Waals surface area contributed by atoms with Gasteiger partial charge in [0.2, 0.25) is 0 Å². The average Bonchev–Trinajstić information content (AvgIpc) is 3.04. The van der Waals surface area contributed by atoms with Crippen molar-refractivity contribution in [2.75, 3.05) is 13.7 Å². The first kappa shape index (κ1) is 18.5. The molecule has 24 heavy (non-hydrogen) atoms. The third kappa shape index (κ3) is 5.67. The van der Waals surface area contributed by atoms with E-state index in [0.717, 1.165) is 4.88 Å². The summed E-state index contributed by atoms with van der Waals surface area (Å²) >= 11 is 13.4. The Morgan fingerprint density at radius 2 is 2.08 bits per heavy atom. The van der Waals surface area contributed by atoms with Gasteiger partial charge in [-0.05, 0) is 35.2 Å². The van der Waals surface area contributed by atoms with Crippen LogP contribution >= 0.6 is 34.5 Å². The number of amides is 1. The molecule has 126 valence electrons. The van der Waals surface area contributed by atoms with Crippen LogP contribution in [0.2, 0.25) is 10.0 Å². The summed E-state index contributed by atoms with van der Waals surface area (Å²) in [6.07, 6.45) is 2.74. The summed E-state index contributed by atoms with van der Waals surface area (Å²) in [5.41, 5.74) is 0.638. The van der Waals surface area contributed by atoms with E-state index in [-0.39, 0.29) is 12.5 Å². The smallest absolute Gasteiger partial charge is 0.331 e. The number of halogens is 2. The summed E-state index contributed by atoms with van der Waals surface area (Å²) in [7, 11) is 1.67. The van der Waals surface area contributed by atoms with Crippen molar-refractivity contribution < 1.29 is 14.3 Å². The maximum absolute atomic E-state index is 11.9. The number of carbonyl (C=O) groups is 2. The number of ether oxygens (including phenoxy) is 1. The molecule has 0 aliphatic carbocycles. The van der Waals surface area contributed by atoms with E-state index in [1.54, 1.807) is 36.6 Å². The van der Waals surface area contributed by atoms with Crippen LogP contribution in [0.25, 0.3) is 6.08 Å². The summed E-state index contributed by atoms with van der Waals surface area (Å²) in [5.74, 6) is -0.881. The fraction of sp³-hybridized carbons (Fsp3) is 0.176. The molecule has 2 aromatic rings. The van der Waals surface area contributed by atoms with Crippen LogP contribution in [0.15, 0.2) is 41.8 Å². The van der Waals surface area contributed by atoms with Gasteiger partial charge < -0.3 is 9.64 Å². The second kappa shape index (κ2) is 8.87. The number of hydrogen-bond acceptors (Lipinski definition) is 4. The molecule has 1 aromatic heterocycles. The number of nitrogens with zero attached hydrogens (tertiary/aromatic N) is 1. The van der Waals surface area contributed by atoms with Gasteiger partial charge in [0.1, 0.15) is 0 Å². The monoisotopic (exact) mass is 383 g/mol. The van der Waals surface area contributed by atoms with Crippen LogP contribution in [-0.4, -0.2) is 30.4 Å². The van der Waals surface area contributed by atoms with Crippen molar-refractivity contribution in [3.8, 4) is 0 Å². The molecular formula is C17H15Cl2NO3S. The number of esters is 1. The number of carbonyl (C=O) groups excluding carboxylic acids is 2. The second-order valence-electron chi connectivity index (χ2n) is 4.94. The normalized spacial score (nSPS) is 10.8. The molecule has 0 atom stereocenters. The Kier molecular flexibility index (Phi) is 6.85. The van der Waals surface area contributed by atoms with E-state index in [4.69, 9.17) is 27.9 Å². The molecular weight excluding hydrogens is 369 g/mol. The lowest BCUT2D eigenvalue weighted by Gasteiger charge is -2.15. The van der Waals surface area contributed by atoms with E-state index in [9.17, 15) is 9.59 Å². The van der Waals surface area contributed by atoms with E-state index in [2.05, 4.69) is 0 Å².